The summed E-state index contributed by atoms with van der Waals surface area (Å²) in [5.74, 6) is -2.11. The van der Waals surface area contributed by atoms with E-state index in [-0.39, 0.29) is 17.5 Å². The van der Waals surface area contributed by atoms with Crippen molar-refractivity contribution < 1.29 is 19.1 Å². The molecule has 5 nitrogen and oxygen atoms in total. The molecule has 0 saturated carbocycles. The summed E-state index contributed by atoms with van der Waals surface area (Å²) in [5, 5.41) is 12.1. The molecule has 0 aliphatic carbocycles. The third-order valence-electron chi connectivity index (χ3n) is 4.15. The van der Waals surface area contributed by atoms with Gasteiger partial charge in [0.1, 0.15) is 5.82 Å². The van der Waals surface area contributed by atoms with E-state index in [1.807, 2.05) is 11.8 Å². The van der Waals surface area contributed by atoms with Gasteiger partial charge >= 0.3 is 5.97 Å². The fourth-order valence-corrected chi connectivity index (χ4v) is 3.06. The van der Waals surface area contributed by atoms with Gasteiger partial charge in [-0.05, 0) is 37.5 Å². The number of nitrogens with one attached hydrogen (secondary N) is 1. The standard InChI is InChI=1S/C16H20ClFN2O3/c1-9-5-11(16(22)23)8-20(7-9)10(2)15(21)19-14-6-12(17)3-4-13(14)18/h3-4,6,9-11H,5,7-8H2,1-2H3,(H,19,21)(H,22,23). The minimum absolute atomic E-state index is 0.0224. The smallest absolute Gasteiger partial charge is 0.307 e. The monoisotopic (exact) mass is 342 g/mol. The molecule has 7 heteroatoms. The number of hydrogen-bond donors (Lipinski definition) is 2. The molecule has 23 heavy (non-hydrogen) atoms. The summed E-state index contributed by atoms with van der Waals surface area (Å²) < 4.78 is 13.7. The van der Waals surface area contributed by atoms with Crippen molar-refractivity contribution >= 4 is 29.2 Å². The molecule has 1 aromatic rings. The van der Waals surface area contributed by atoms with Crippen LogP contribution < -0.4 is 5.32 Å². The highest BCUT2D eigenvalue weighted by Gasteiger charge is 2.33. The Bertz CT molecular complexity index is 611. The molecule has 0 radical (unpaired) electrons. The summed E-state index contributed by atoms with van der Waals surface area (Å²) in [5.41, 5.74) is 0.0224. The molecule has 2 rings (SSSR count). The highest BCUT2D eigenvalue weighted by molar-refractivity contribution is 6.30. The van der Waals surface area contributed by atoms with Gasteiger partial charge in [0.05, 0.1) is 17.6 Å². The maximum Gasteiger partial charge on any atom is 0.307 e. The van der Waals surface area contributed by atoms with Crippen LogP contribution in [-0.4, -0.2) is 41.0 Å². The van der Waals surface area contributed by atoms with Crippen molar-refractivity contribution in [2.24, 2.45) is 11.8 Å². The summed E-state index contributed by atoms with van der Waals surface area (Å²) in [6, 6.07) is 3.38. The molecular weight excluding hydrogens is 323 g/mol. The SMILES string of the molecule is CC1CC(C(=O)O)CN(C(C)C(=O)Nc2cc(Cl)ccc2F)C1. The van der Waals surface area contributed by atoms with Gasteiger partial charge in [-0.3, -0.25) is 14.5 Å². The van der Waals surface area contributed by atoms with E-state index in [0.717, 1.165) is 0 Å². The van der Waals surface area contributed by atoms with Crippen molar-refractivity contribution in [3.05, 3.63) is 29.0 Å². The lowest BCUT2D eigenvalue weighted by atomic mass is 9.89. The van der Waals surface area contributed by atoms with Gasteiger partial charge in [-0.1, -0.05) is 18.5 Å². The topological polar surface area (TPSA) is 69.6 Å². The highest BCUT2D eigenvalue weighted by Crippen LogP contribution is 2.25. The lowest BCUT2D eigenvalue weighted by Crippen LogP contribution is -2.50. The second-order valence-electron chi connectivity index (χ2n) is 6.12. The lowest BCUT2D eigenvalue weighted by Gasteiger charge is -2.37. The van der Waals surface area contributed by atoms with Crippen LogP contribution in [0.25, 0.3) is 0 Å². The zero-order valence-electron chi connectivity index (χ0n) is 13.1. The number of anilines is 1. The van der Waals surface area contributed by atoms with Crippen molar-refractivity contribution in [3.8, 4) is 0 Å². The van der Waals surface area contributed by atoms with E-state index in [1.54, 1.807) is 6.92 Å². The predicted octanol–water partition coefficient (Wildman–Crippen LogP) is 2.85. The Labute approximate surface area is 139 Å². The second kappa shape index (κ2) is 7.27. The highest BCUT2D eigenvalue weighted by atomic mass is 35.5. The molecule has 0 bridgehead atoms. The number of nitrogens with zero attached hydrogens (tertiary/aromatic N) is 1. The number of carbonyl (C=O) groups is 2. The number of likely N-dealkylation sites (tertiary alicyclic amines) is 1. The Balaban J connectivity index is 2.06. The molecule has 0 aromatic heterocycles. The molecule has 126 valence electrons. The van der Waals surface area contributed by atoms with Gasteiger partial charge < -0.3 is 10.4 Å². The number of halogens is 2. The van der Waals surface area contributed by atoms with E-state index in [4.69, 9.17) is 11.6 Å². The first-order valence-corrected chi connectivity index (χ1v) is 7.88. The van der Waals surface area contributed by atoms with Crippen LogP contribution in [0.5, 0.6) is 0 Å². The van der Waals surface area contributed by atoms with Crippen LogP contribution in [0.3, 0.4) is 0 Å². The molecule has 1 aliphatic rings. The Kier molecular flexibility index (Phi) is 5.59. The fourth-order valence-electron chi connectivity index (χ4n) is 2.88. The van der Waals surface area contributed by atoms with E-state index in [9.17, 15) is 19.1 Å². The molecule has 1 fully saturated rings. The van der Waals surface area contributed by atoms with Gasteiger partial charge in [0, 0.05) is 18.1 Å². The Morgan fingerprint density at radius 3 is 2.78 bits per heavy atom. The van der Waals surface area contributed by atoms with Crippen LogP contribution in [-0.2, 0) is 9.59 Å². The first-order chi connectivity index (χ1) is 10.8. The third-order valence-corrected chi connectivity index (χ3v) is 4.39. The lowest BCUT2D eigenvalue weighted by molar-refractivity contribution is -0.145. The van der Waals surface area contributed by atoms with E-state index >= 15 is 0 Å². The number of piperidine rings is 1. The third kappa shape index (κ3) is 4.42. The zero-order chi connectivity index (χ0) is 17.1. The average Bonchev–Trinajstić information content (AvgIpc) is 2.49. The molecule has 3 unspecified atom stereocenters. The van der Waals surface area contributed by atoms with Crippen molar-refractivity contribution in [2.75, 3.05) is 18.4 Å². The quantitative estimate of drug-likeness (QED) is 0.882. The summed E-state index contributed by atoms with van der Waals surface area (Å²) in [4.78, 5) is 25.4. The van der Waals surface area contributed by atoms with Gasteiger partial charge in [-0.15, -0.1) is 0 Å². The van der Waals surface area contributed by atoms with E-state index in [1.165, 1.54) is 18.2 Å². The van der Waals surface area contributed by atoms with E-state index < -0.39 is 23.7 Å². The molecule has 1 saturated heterocycles. The Hall–Kier alpha value is -1.66. The van der Waals surface area contributed by atoms with Gasteiger partial charge in [-0.25, -0.2) is 4.39 Å². The zero-order valence-corrected chi connectivity index (χ0v) is 13.8. The number of benzene rings is 1. The fraction of sp³-hybridized carbons (Fsp3) is 0.500. The first-order valence-electron chi connectivity index (χ1n) is 7.50. The molecular formula is C16H20ClFN2O3. The van der Waals surface area contributed by atoms with Crippen molar-refractivity contribution in [3.63, 3.8) is 0 Å². The maximum absolute atomic E-state index is 13.7. The van der Waals surface area contributed by atoms with Crippen molar-refractivity contribution in [1.29, 1.82) is 0 Å². The molecule has 1 heterocycles. The summed E-state index contributed by atoms with van der Waals surface area (Å²) in [6.45, 7) is 4.60. The number of amides is 1. The number of rotatable bonds is 4. The summed E-state index contributed by atoms with van der Waals surface area (Å²) in [6.07, 6.45) is 0.600. The first kappa shape index (κ1) is 17.7. The summed E-state index contributed by atoms with van der Waals surface area (Å²) in [7, 11) is 0. The maximum atomic E-state index is 13.7. The second-order valence-corrected chi connectivity index (χ2v) is 6.56. The normalized spacial score (nSPS) is 23.3. The van der Waals surface area contributed by atoms with Crippen LogP contribution in [0.1, 0.15) is 20.3 Å². The average molecular weight is 343 g/mol. The van der Waals surface area contributed by atoms with Gasteiger partial charge in [0.25, 0.3) is 0 Å². The van der Waals surface area contributed by atoms with E-state index in [0.29, 0.717) is 24.5 Å². The number of carbonyl (C=O) groups excluding carboxylic acids is 1. The van der Waals surface area contributed by atoms with E-state index in [2.05, 4.69) is 5.32 Å². The number of carboxylic acid groups (broad SMARTS) is 1. The molecule has 1 aliphatic heterocycles. The largest absolute Gasteiger partial charge is 0.481 e. The summed E-state index contributed by atoms with van der Waals surface area (Å²) >= 11 is 5.81. The van der Waals surface area contributed by atoms with Crippen LogP contribution in [0.15, 0.2) is 18.2 Å². The van der Waals surface area contributed by atoms with Crippen LogP contribution in [0.2, 0.25) is 5.02 Å². The minimum Gasteiger partial charge on any atom is -0.481 e. The predicted molar refractivity (Wildman–Crippen MR) is 86.0 cm³/mol. The van der Waals surface area contributed by atoms with Crippen LogP contribution >= 0.6 is 11.6 Å². The minimum atomic E-state index is -0.852. The van der Waals surface area contributed by atoms with Gasteiger partial charge in [0.15, 0.2) is 0 Å². The molecule has 1 aromatic carbocycles. The number of carboxylic acids is 1. The Morgan fingerprint density at radius 2 is 2.13 bits per heavy atom. The molecule has 1 amide bonds. The molecule has 0 spiro atoms. The molecule has 2 N–H and O–H groups in total. The van der Waals surface area contributed by atoms with Crippen molar-refractivity contribution in [2.45, 2.75) is 26.3 Å². The van der Waals surface area contributed by atoms with Gasteiger partial charge in [-0.2, -0.15) is 0 Å². The number of hydrogen-bond acceptors (Lipinski definition) is 3. The molecule has 3 atom stereocenters. The van der Waals surface area contributed by atoms with Gasteiger partial charge in [0.2, 0.25) is 5.91 Å². The number of aliphatic carboxylic acids is 1. The van der Waals surface area contributed by atoms with Crippen LogP contribution in [0.4, 0.5) is 10.1 Å². The Morgan fingerprint density at radius 1 is 1.43 bits per heavy atom. The van der Waals surface area contributed by atoms with Crippen molar-refractivity contribution in [1.82, 2.24) is 4.90 Å². The van der Waals surface area contributed by atoms with Crippen LogP contribution in [0, 0.1) is 17.7 Å².